The van der Waals surface area contributed by atoms with E-state index in [4.69, 9.17) is 14.2 Å². The van der Waals surface area contributed by atoms with E-state index in [9.17, 15) is 14.4 Å². The Labute approximate surface area is 344 Å². The van der Waals surface area contributed by atoms with Crippen molar-refractivity contribution >= 4 is 17.9 Å². The number of carbonyl (C=O) groups is 3. The van der Waals surface area contributed by atoms with Crippen LogP contribution in [0.2, 0.25) is 0 Å². The number of unbranched alkanes of at least 4 members (excludes halogenated alkanes) is 17. The molecule has 0 bridgehead atoms. The Morgan fingerprint density at radius 2 is 0.786 bits per heavy atom. The number of hydrogen-bond acceptors (Lipinski definition) is 6. The van der Waals surface area contributed by atoms with Crippen molar-refractivity contribution in [1.29, 1.82) is 0 Å². The first-order chi connectivity index (χ1) is 27.5. The lowest BCUT2D eigenvalue weighted by Crippen LogP contribution is -2.30. The molecule has 0 saturated heterocycles. The molecule has 0 aromatic carbocycles. The van der Waals surface area contributed by atoms with Gasteiger partial charge in [-0.3, -0.25) is 14.4 Å². The van der Waals surface area contributed by atoms with Crippen molar-refractivity contribution in [3.63, 3.8) is 0 Å². The largest absolute Gasteiger partial charge is 0.462 e. The maximum atomic E-state index is 12.7. The van der Waals surface area contributed by atoms with Crippen molar-refractivity contribution in [2.24, 2.45) is 0 Å². The van der Waals surface area contributed by atoms with Gasteiger partial charge in [-0.05, 0) is 89.9 Å². The van der Waals surface area contributed by atoms with Gasteiger partial charge in [0.05, 0.1) is 0 Å². The van der Waals surface area contributed by atoms with Crippen molar-refractivity contribution in [3.05, 3.63) is 85.1 Å². The van der Waals surface area contributed by atoms with E-state index < -0.39 is 6.10 Å². The minimum absolute atomic E-state index is 0.104. The van der Waals surface area contributed by atoms with Crippen LogP contribution in [-0.2, 0) is 28.6 Å². The summed E-state index contributed by atoms with van der Waals surface area (Å²) in [5, 5.41) is 0. The number of rotatable bonds is 39. The van der Waals surface area contributed by atoms with Crippen LogP contribution in [0.3, 0.4) is 0 Å². The van der Waals surface area contributed by atoms with Gasteiger partial charge in [-0.15, -0.1) is 0 Å². The summed E-state index contributed by atoms with van der Waals surface area (Å²) in [5.74, 6) is -0.982. The van der Waals surface area contributed by atoms with Crippen LogP contribution >= 0.6 is 0 Å². The zero-order valence-corrected chi connectivity index (χ0v) is 36.1. The van der Waals surface area contributed by atoms with E-state index in [-0.39, 0.29) is 31.1 Å². The van der Waals surface area contributed by atoms with Gasteiger partial charge in [-0.25, -0.2) is 0 Å². The van der Waals surface area contributed by atoms with Gasteiger partial charge in [0.1, 0.15) is 13.2 Å². The SMILES string of the molecule is CC/C=C\C/C=C\CCCCC(=O)OCC(COC(=O)CCCCCCC\C=C/C=C\C=C/C=C\CCCCC)OC(=O)CCCCCCC/C=C\CCCC. The van der Waals surface area contributed by atoms with Crippen molar-refractivity contribution in [3.8, 4) is 0 Å². The van der Waals surface area contributed by atoms with E-state index in [1.807, 2.05) is 0 Å². The van der Waals surface area contributed by atoms with E-state index in [1.165, 1.54) is 44.9 Å². The van der Waals surface area contributed by atoms with Gasteiger partial charge in [0.25, 0.3) is 0 Å². The van der Waals surface area contributed by atoms with Gasteiger partial charge < -0.3 is 14.2 Å². The Morgan fingerprint density at radius 3 is 1.34 bits per heavy atom. The Balaban J connectivity index is 4.43. The number of allylic oxidation sites excluding steroid dienone is 14. The van der Waals surface area contributed by atoms with Gasteiger partial charge in [0, 0.05) is 19.3 Å². The van der Waals surface area contributed by atoms with Crippen LogP contribution in [-0.4, -0.2) is 37.2 Å². The fourth-order valence-corrected chi connectivity index (χ4v) is 5.76. The molecule has 0 radical (unpaired) electrons. The maximum absolute atomic E-state index is 12.7. The predicted octanol–water partition coefficient (Wildman–Crippen LogP) is 14.5. The number of hydrogen-bond donors (Lipinski definition) is 0. The summed E-state index contributed by atoms with van der Waals surface area (Å²) < 4.78 is 16.6. The number of esters is 3. The molecule has 0 heterocycles. The molecular formula is C50H82O6. The van der Waals surface area contributed by atoms with E-state index in [0.29, 0.717) is 19.3 Å². The number of ether oxygens (including phenoxy) is 3. The quantitative estimate of drug-likeness (QED) is 0.0203. The molecule has 56 heavy (non-hydrogen) atoms. The van der Waals surface area contributed by atoms with Crippen LogP contribution in [0.15, 0.2) is 85.1 Å². The van der Waals surface area contributed by atoms with Gasteiger partial charge in [0.2, 0.25) is 0 Å². The van der Waals surface area contributed by atoms with Gasteiger partial charge >= 0.3 is 17.9 Å². The lowest BCUT2D eigenvalue weighted by Gasteiger charge is -2.18. The molecule has 318 valence electrons. The Bertz CT molecular complexity index is 1120. The molecule has 0 aromatic heterocycles. The fraction of sp³-hybridized carbons (Fsp3) is 0.660. The third kappa shape index (κ3) is 41.7. The Morgan fingerprint density at radius 1 is 0.393 bits per heavy atom. The first-order valence-corrected chi connectivity index (χ1v) is 22.6. The zero-order valence-electron chi connectivity index (χ0n) is 36.1. The van der Waals surface area contributed by atoms with Crippen molar-refractivity contribution in [2.75, 3.05) is 13.2 Å². The van der Waals surface area contributed by atoms with Crippen LogP contribution in [0.5, 0.6) is 0 Å². The molecule has 0 aliphatic carbocycles. The standard InChI is InChI=1S/C50H82O6/c1-4-7-10-13-16-19-21-22-23-24-25-26-27-29-31-34-37-40-43-49(52)55-46-47(45-54-48(51)42-39-36-33-30-18-15-12-9-6-3)56-50(53)44-41-38-35-32-28-20-17-14-11-8-5-2/h9,12,14,16-19,21-26,30,47H,4-8,10-11,13,15,20,27-29,31-46H2,1-3H3/b12-9-,17-14-,19-16-,22-21-,24-23-,26-25-,30-18-. The van der Waals surface area contributed by atoms with Crippen LogP contribution in [0, 0.1) is 0 Å². The molecule has 1 unspecified atom stereocenters. The molecule has 0 aliphatic heterocycles. The Kier molecular flexibility index (Phi) is 41.6. The molecule has 0 spiro atoms. The summed E-state index contributed by atoms with van der Waals surface area (Å²) in [5.41, 5.74) is 0. The molecule has 6 heteroatoms. The van der Waals surface area contributed by atoms with Gasteiger partial charge in [-0.1, -0.05) is 170 Å². The second kappa shape index (κ2) is 44.3. The third-order valence-electron chi connectivity index (χ3n) is 9.20. The normalized spacial score (nSPS) is 12.8. The second-order valence-electron chi connectivity index (χ2n) is 14.7. The van der Waals surface area contributed by atoms with E-state index in [0.717, 1.165) is 109 Å². The highest BCUT2D eigenvalue weighted by atomic mass is 16.6. The molecule has 0 N–H and O–H groups in total. The summed E-state index contributed by atoms with van der Waals surface area (Å²) in [4.78, 5) is 37.6. The van der Waals surface area contributed by atoms with Crippen LogP contribution in [0.4, 0.5) is 0 Å². The first-order valence-electron chi connectivity index (χ1n) is 22.6. The van der Waals surface area contributed by atoms with Crippen LogP contribution in [0.1, 0.15) is 194 Å². The molecule has 0 rings (SSSR count). The van der Waals surface area contributed by atoms with Crippen molar-refractivity contribution in [1.82, 2.24) is 0 Å². The van der Waals surface area contributed by atoms with Gasteiger partial charge in [0.15, 0.2) is 6.10 Å². The maximum Gasteiger partial charge on any atom is 0.306 e. The van der Waals surface area contributed by atoms with Crippen molar-refractivity contribution < 1.29 is 28.6 Å². The first kappa shape index (κ1) is 52.6. The molecule has 6 nitrogen and oxygen atoms in total. The highest BCUT2D eigenvalue weighted by Crippen LogP contribution is 2.12. The summed E-state index contributed by atoms with van der Waals surface area (Å²) >= 11 is 0. The minimum atomic E-state index is -0.801. The highest BCUT2D eigenvalue weighted by Gasteiger charge is 2.19. The van der Waals surface area contributed by atoms with E-state index in [2.05, 4.69) is 106 Å². The lowest BCUT2D eigenvalue weighted by atomic mass is 10.1. The topological polar surface area (TPSA) is 78.9 Å². The number of carbonyl (C=O) groups excluding carboxylic acids is 3. The lowest BCUT2D eigenvalue weighted by molar-refractivity contribution is -0.167. The average molecular weight is 779 g/mol. The molecule has 0 fully saturated rings. The highest BCUT2D eigenvalue weighted by molar-refractivity contribution is 5.71. The summed E-state index contributed by atoms with van der Waals surface area (Å²) in [7, 11) is 0. The summed E-state index contributed by atoms with van der Waals surface area (Å²) in [6, 6.07) is 0. The molecule has 0 saturated carbocycles. The molecular weight excluding hydrogens is 697 g/mol. The second-order valence-corrected chi connectivity index (χ2v) is 14.7. The van der Waals surface area contributed by atoms with E-state index in [1.54, 1.807) is 0 Å². The molecule has 0 aromatic rings. The van der Waals surface area contributed by atoms with Crippen molar-refractivity contribution in [2.45, 2.75) is 200 Å². The minimum Gasteiger partial charge on any atom is -0.462 e. The van der Waals surface area contributed by atoms with Gasteiger partial charge in [-0.2, -0.15) is 0 Å². The zero-order chi connectivity index (χ0) is 40.8. The molecule has 0 amide bonds. The molecule has 1 atom stereocenters. The fourth-order valence-electron chi connectivity index (χ4n) is 5.76. The van der Waals surface area contributed by atoms with Crippen LogP contribution in [0.25, 0.3) is 0 Å². The van der Waals surface area contributed by atoms with E-state index >= 15 is 0 Å². The molecule has 0 aliphatic rings. The monoisotopic (exact) mass is 779 g/mol. The smallest absolute Gasteiger partial charge is 0.306 e. The van der Waals surface area contributed by atoms with Crippen LogP contribution < -0.4 is 0 Å². The third-order valence-corrected chi connectivity index (χ3v) is 9.20. The summed E-state index contributed by atoms with van der Waals surface area (Å²) in [6.45, 7) is 6.35. The average Bonchev–Trinajstić information content (AvgIpc) is 3.19. The predicted molar refractivity (Wildman–Crippen MR) is 237 cm³/mol. The summed E-state index contributed by atoms with van der Waals surface area (Å²) in [6.07, 6.45) is 55.7. The Hall–Kier alpha value is -3.41.